The lowest BCUT2D eigenvalue weighted by Gasteiger charge is -2.24. The van der Waals surface area contributed by atoms with Crippen molar-refractivity contribution in [2.75, 3.05) is 13.1 Å². The Bertz CT molecular complexity index is 149. The van der Waals surface area contributed by atoms with Crippen LogP contribution in [-0.4, -0.2) is 18.0 Å². The minimum absolute atomic E-state index is 1.12. The van der Waals surface area contributed by atoms with Crippen molar-refractivity contribution in [2.24, 2.45) is 0 Å². The fourth-order valence-electron chi connectivity index (χ4n) is 1.21. The fourth-order valence-corrected chi connectivity index (χ4v) is 1.21. The molecule has 0 aliphatic carbocycles. The van der Waals surface area contributed by atoms with Gasteiger partial charge < -0.3 is 4.90 Å². The van der Waals surface area contributed by atoms with Gasteiger partial charge in [-0.25, -0.2) is 0 Å². The van der Waals surface area contributed by atoms with E-state index in [1.165, 1.54) is 19.3 Å². The van der Waals surface area contributed by atoms with Gasteiger partial charge in [0.1, 0.15) is 0 Å². The molecule has 0 saturated carbocycles. The van der Waals surface area contributed by atoms with E-state index in [0.29, 0.717) is 0 Å². The quantitative estimate of drug-likeness (QED) is 0.511. The monoisotopic (exact) mass is 136 g/mol. The molecule has 0 atom stereocenters. The van der Waals surface area contributed by atoms with Gasteiger partial charge in [-0.05, 0) is 19.3 Å². The maximum absolute atomic E-state index is 8.23. The van der Waals surface area contributed by atoms with Gasteiger partial charge in [-0.2, -0.15) is 5.26 Å². The van der Waals surface area contributed by atoms with Crippen LogP contribution in [0.25, 0.3) is 0 Å². The SMILES string of the molecule is N#C/C=C/N1CCCCC1. The molecule has 1 aliphatic rings. The second-order valence-electron chi connectivity index (χ2n) is 2.54. The zero-order valence-corrected chi connectivity index (χ0v) is 6.08. The number of hydrogen-bond donors (Lipinski definition) is 0. The molecule has 10 heavy (non-hydrogen) atoms. The summed E-state index contributed by atoms with van der Waals surface area (Å²) >= 11 is 0. The molecule has 0 bridgehead atoms. The molecule has 0 aromatic carbocycles. The highest BCUT2D eigenvalue weighted by Crippen LogP contribution is 2.07. The number of rotatable bonds is 1. The van der Waals surface area contributed by atoms with Gasteiger partial charge in [0.15, 0.2) is 0 Å². The molecule has 1 heterocycles. The van der Waals surface area contributed by atoms with E-state index in [1.54, 1.807) is 6.08 Å². The minimum Gasteiger partial charge on any atom is -0.377 e. The van der Waals surface area contributed by atoms with Gasteiger partial charge in [0.05, 0.1) is 6.07 Å². The maximum Gasteiger partial charge on any atom is 0.0927 e. The van der Waals surface area contributed by atoms with E-state index in [1.807, 2.05) is 12.3 Å². The number of hydrogen-bond acceptors (Lipinski definition) is 2. The van der Waals surface area contributed by atoms with Crippen molar-refractivity contribution >= 4 is 0 Å². The first-order valence-corrected chi connectivity index (χ1v) is 3.74. The molecule has 1 aliphatic heterocycles. The highest BCUT2D eigenvalue weighted by molar-refractivity contribution is 5.01. The van der Waals surface area contributed by atoms with E-state index in [4.69, 9.17) is 5.26 Å². The Hall–Kier alpha value is -0.970. The summed E-state index contributed by atoms with van der Waals surface area (Å²) in [5.74, 6) is 0. The van der Waals surface area contributed by atoms with E-state index in [-0.39, 0.29) is 0 Å². The summed E-state index contributed by atoms with van der Waals surface area (Å²) in [4.78, 5) is 2.20. The summed E-state index contributed by atoms with van der Waals surface area (Å²) in [5.41, 5.74) is 0. The van der Waals surface area contributed by atoms with Crippen molar-refractivity contribution in [1.29, 1.82) is 5.26 Å². The third kappa shape index (κ3) is 2.10. The van der Waals surface area contributed by atoms with Crippen LogP contribution < -0.4 is 0 Å². The Kier molecular flexibility index (Phi) is 2.82. The lowest BCUT2D eigenvalue weighted by atomic mass is 10.1. The highest BCUT2D eigenvalue weighted by Gasteiger charge is 2.03. The van der Waals surface area contributed by atoms with Gasteiger partial charge in [-0.1, -0.05) is 0 Å². The Morgan fingerprint density at radius 2 is 1.90 bits per heavy atom. The molecule has 54 valence electrons. The Morgan fingerprint density at radius 1 is 1.20 bits per heavy atom. The third-order valence-electron chi connectivity index (χ3n) is 1.75. The van der Waals surface area contributed by atoms with Crippen molar-refractivity contribution in [1.82, 2.24) is 4.90 Å². The molecule has 0 aromatic heterocycles. The van der Waals surface area contributed by atoms with Crippen LogP contribution in [0.2, 0.25) is 0 Å². The number of nitriles is 1. The fraction of sp³-hybridized carbons (Fsp3) is 0.625. The Labute approximate surface area is 61.8 Å². The lowest BCUT2D eigenvalue weighted by Crippen LogP contribution is -2.23. The average Bonchev–Trinajstić information content (AvgIpc) is 2.03. The highest BCUT2D eigenvalue weighted by atomic mass is 15.1. The first-order valence-electron chi connectivity index (χ1n) is 3.74. The molecule has 1 rings (SSSR count). The molecule has 0 aromatic rings. The zero-order chi connectivity index (χ0) is 7.23. The molecular formula is C8H12N2. The third-order valence-corrected chi connectivity index (χ3v) is 1.75. The van der Waals surface area contributed by atoms with Crippen molar-refractivity contribution in [3.8, 4) is 6.07 Å². The number of likely N-dealkylation sites (tertiary alicyclic amines) is 1. The number of nitrogens with zero attached hydrogens (tertiary/aromatic N) is 2. The molecular weight excluding hydrogens is 124 g/mol. The van der Waals surface area contributed by atoms with Crippen molar-refractivity contribution in [3.63, 3.8) is 0 Å². The topological polar surface area (TPSA) is 27.0 Å². The standard InChI is InChI=1S/C8H12N2/c9-5-4-8-10-6-2-1-3-7-10/h4,8H,1-3,6-7H2/b8-4+. The molecule has 0 unspecified atom stereocenters. The largest absolute Gasteiger partial charge is 0.377 e. The van der Waals surface area contributed by atoms with E-state index >= 15 is 0 Å². The molecule has 0 amide bonds. The maximum atomic E-state index is 8.23. The van der Waals surface area contributed by atoms with Crippen molar-refractivity contribution < 1.29 is 0 Å². The first kappa shape index (κ1) is 7.14. The molecule has 1 fully saturated rings. The van der Waals surface area contributed by atoms with Crippen LogP contribution in [0.15, 0.2) is 12.3 Å². The van der Waals surface area contributed by atoms with Crippen molar-refractivity contribution in [3.05, 3.63) is 12.3 Å². The molecule has 0 N–H and O–H groups in total. The first-order chi connectivity index (χ1) is 4.93. The summed E-state index contributed by atoms with van der Waals surface area (Å²) in [5, 5.41) is 8.23. The summed E-state index contributed by atoms with van der Waals surface area (Å²) < 4.78 is 0. The summed E-state index contributed by atoms with van der Waals surface area (Å²) in [6.45, 7) is 2.25. The van der Waals surface area contributed by atoms with E-state index in [2.05, 4.69) is 4.90 Å². The van der Waals surface area contributed by atoms with E-state index in [9.17, 15) is 0 Å². The molecule has 1 saturated heterocycles. The van der Waals surface area contributed by atoms with Gasteiger partial charge in [-0.3, -0.25) is 0 Å². The summed E-state index contributed by atoms with van der Waals surface area (Å²) in [7, 11) is 0. The average molecular weight is 136 g/mol. The van der Waals surface area contributed by atoms with Gasteiger partial charge in [0.2, 0.25) is 0 Å². The molecule has 2 nitrogen and oxygen atoms in total. The number of allylic oxidation sites excluding steroid dienone is 1. The second-order valence-corrected chi connectivity index (χ2v) is 2.54. The van der Waals surface area contributed by atoms with Crippen LogP contribution in [0, 0.1) is 11.3 Å². The van der Waals surface area contributed by atoms with Gasteiger partial charge in [-0.15, -0.1) is 0 Å². The smallest absolute Gasteiger partial charge is 0.0927 e. The minimum atomic E-state index is 1.12. The molecule has 0 radical (unpaired) electrons. The van der Waals surface area contributed by atoms with Gasteiger partial charge in [0, 0.05) is 25.4 Å². The van der Waals surface area contributed by atoms with Crippen LogP contribution >= 0.6 is 0 Å². The predicted octanol–water partition coefficient (Wildman–Crippen LogP) is 1.51. The van der Waals surface area contributed by atoms with Crippen molar-refractivity contribution in [2.45, 2.75) is 19.3 Å². The van der Waals surface area contributed by atoms with Gasteiger partial charge >= 0.3 is 0 Å². The summed E-state index contributed by atoms with van der Waals surface area (Å²) in [6.07, 6.45) is 7.33. The second kappa shape index (κ2) is 3.94. The van der Waals surface area contributed by atoms with Crippen LogP contribution in [0.1, 0.15) is 19.3 Å². The normalized spacial score (nSPS) is 19.3. The lowest BCUT2D eigenvalue weighted by molar-refractivity contribution is 0.309. The van der Waals surface area contributed by atoms with Crippen LogP contribution in [0.4, 0.5) is 0 Å². The zero-order valence-electron chi connectivity index (χ0n) is 6.08. The molecule has 2 heteroatoms. The Balaban J connectivity index is 2.27. The summed E-state index contributed by atoms with van der Waals surface area (Å²) in [6, 6.07) is 1.99. The predicted molar refractivity (Wildman–Crippen MR) is 40.2 cm³/mol. The van der Waals surface area contributed by atoms with E-state index in [0.717, 1.165) is 13.1 Å². The Morgan fingerprint density at radius 3 is 2.50 bits per heavy atom. The van der Waals surface area contributed by atoms with Crippen LogP contribution in [0.3, 0.4) is 0 Å². The van der Waals surface area contributed by atoms with Crippen LogP contribution in [0.5, 0.6) is 0 Å². The molecule has 0 spiro atoms. The van der Waals surface area contributed by atoms with Crippen LogP contribution in [-0.2, 0) is 0 Å². The van der Waals surface area contributed by atoms with E-state index < -0.39 is 0 Å². The number of piperidine rings is 1. The van der Waals surface area contributed by atoms with Gasteiger partial charge in [0.25, 0.3) is 0 Å².